The minimum atomic E-state index is -0.950. The molecule has 0 bridgehead atoms. The van der Waals surface area contributed by atoms with Gasteiger partial charge in [-0.3, -0.25) is 9.78 Å². The van der Waals surface area contributed by atoms with Crippen LogP contribution >= 0.6 is 11.6 Å². The molecule has 0 unspecified atom stereocenters. The maximum absolute atomic E-state index is 11.2. The molecule has 3 aromatic rings. The van der Waals surface area contributed by atoms with E-state index in [1.54, 1.807) is 39.3 Å². The molecule has 2 aromatic heterocycles. The molecule has 0 aliphatic rings. The second-order valence-electron chi connectivity index (χ2n) is 7.22. The minimum absolute atomic E-state index is 0.0887. The van der Waals surface area contributed by atoms with E-state index < -0.39 is 11.4 Å². The fourth-order valence-corrected chi connectivity index (χ4v) is 2.70. The number of carboxylic acid groups (broad SMARTS) is 1. The van der Waals surface area contributed by atoms with Crippen LogP contribution in [0, 0.1) is 5.41 Å². The van der Waals surface area contributed by atoms with E-state index >= 15 is 0 Å². The average Bonchev–Trinajstić information content (AvgIpc) is 3.08. The predicted octanol–water partition coefficient (Wildman–Crippen LogP) is 4.43. The van der Waals surface area contributed by atoms with Crippen molar-refractivity contribution in [3.63, 3.8) is 0 Å². The summed E-state index contributed by atoms with van der Waals surface area (Å²) in [6.45, 7) is 3.69. The number of H-pyrrole nitrogens is 1. The molecule has 0 saturated heterocycles. The lowest BCUT2D eigenvalue weighted by atomic mass is 9.95. The number of carbonyl (C=O) groups is 1. The molecule has 0 aliphatic carbocycles. The summed E-state index contributed by atoms with van der Waals surface area (Å²) in [5, 5.41) is 9.53. The van der Waals surface area contributed by atoms with E-state index in [-0.39, 0.29) is 6.61 Å². The van der Waals surface area contributed by atoms with Gasteiger partial charge in [0.05, 0.1) is 23.4 Å². The molecule has 0 amide bonds. The normalized spacial score (nSPS) is 11.4. The molecule has 0 aliphatic heterocycles. The number of nitrogens with one attached hydrogen (secondary N) is 1. The zero-order chi connectivity index (χ0) is 21.0. The second-order valence-corrected chi connectivity index (χ2v) is 7.58. The Morgan fingerprint density at radius 1 is 1.17 bits per heavy atom. The first kappa shape index (κ1) is 20.8. The third-order valence-electron chi connectivity index (χ3n) is 4.38. The smallest absolute Gasteiger partial charge is 0.312 e. The summed E-state index contributed by atoms with van der Waals surface area (Å²) in [5.41, 5.74) is 2.29. The third-order valence-corrected chi connectivity index (χ3v) is 4.70. The number of imidazole rings is 1. The van der Waals surface area contributed by atoms with Crippen molar-refractivity contribution in [2.24, 2.45) is 5.41 Å². The van der Waals surface area contributed by atoms with Gasteiger partial charge in [0.25, 0.3) is 0 Å². The molecule has 2 heterocycles. The van der Waals surface area contributed by atoms with Gasteiger partial charge in [0.15, 0.2) is 5.15 Å². The number of carboxylic acids is 1. The number of methoxy groups -OCH3 is 1. The third kappa shape index (κ3) is 4.93. The van der Waals surface area contributed by atoms with Gasteiger partial charge >= 0.3 is 5.97 Å². The predicted molar refractivity (Wildman–Crippen MR) is 110 cm³/mol. The first-order valence-electron chi connectivity index (χ1n) is 8.96. The monoisotopic (exact) mass is 415 g/mol. The van der Waals surface area contributed by atoms with Crippen molar-refractivity contribution in [3.05, 3.63) is 53.4 Å². The highest BCUT2D eigenvalue weighted by molar-refractivity contribution is 6.30. The van der Waals surface area contributed by atoms with Crippen LogP contribution in [0.3, 0.4) is 0 Å². The number of aromatic nitrogens is 3. The number of benzene rings is 1. The first-order chi connectivity index (χ1) is 13.8. The van der Waals surface area contributed by atoms with Crippen molar-refractivity contribution >= 4 is 17.6 Å². The van der Waals surface area contributed by atoms with Gasteiger partial charge in [-0.2, -0.15) is 0 Å². The molecule has 0 atom stereocenters. The Bertz CT molecular complexity index is 982. The van der Waals surface area contributed by atoms with Crippen molar-refractivity contribution < 1.29 is 19.4 Å². The molecule has 2 N–H and O–H groups in total. The lowest BCUT2D eigenvalue weighted by Crippen LogP contribution is -2.30. The number of aliphatic carboxylic acids is 1. The highest BCUT2D eigenvalue weighted by atomic mass is 35.5. The molecule has 0 fully saturated rings. The van der Waals surface area contributed by atoms with Crippen molar-refractivity contribution in [1.82, 2.24) is 15.0 Å². The molecule has 0 saturated carbocycles. The number of aromatic amines is 1. The summed E-state index contributed by atoms with van der Waals surface area (Å²) < 4.78 is 10.7. The summed E-state index contributed by atoms with van der Waals surface area (Å²) in [6.07, 6.45) is 1.72. The first-order valence-corrected chi connectivity index (χ1v) is 9.34. The Kier molecular flexibility index (Phi) is 6.20. The highest BCUT2D eigenvalue weighted by Crippen LogP contribution is 2.26. The van der Waals surface area contributed by atoms with Gasteiger partial charge in [0.1, 0.15) is 18.2 Å². The largest absolute Gasteiger partial charge is 0.492 e. The van der Waals surface area contributed by atoms with Gasteiger partial charge in [-0.05, 0) is 50.2 Å². The number of pyridine rings is 1. The van der Waals surface area contributed by atoms with Crippen LogP contribution in [-0.4, -0.2) is 39.7 Å². The zero-order valence-electron chi connectivity index (χ0n) is 16.4. The maximum Gasteiger partial charge on any atom is 0.312 e. The van der Waals surface area contributed by atoms with Crippen molar-refractivity contribution in [1.29, 1.82) is 0 Å². The summed E-state index contributed by atoms with van der Waals surface area (Å²) in [4.78, 5) is 23.1. The maximum atomic E-state index is 11.2. The molecule has 152 valence electrons. The summed E-state index contributed by atoms with van der Waals surface area (Å²) in [5.74, 6) is 0.340. The van der Waals surface area contributed by atoms with E-state index in [1.807, 2.05) is 24.3 Å². The number of rotatable bonds is 8. The minimum Gasteiger partial charge on any atom is -0.492 e. The van der Waals surface area contributed by atoms with Crippen molar-refractivity contribution in [3.8, 4) is 28.4 Å². The lowest BCUT2D eigenvalue weighted by Gasteiger charge is -2.19. The van der Waals surface area contributed by atoms with Crippen molar-refractivity contribution in [2.75, 3.05) is 13.7 Å². The van der Waals surface area contributed by atoms with Crippen LogP contribution in [0.1, 0.15) is 19.5 Å². The van der Waals surface area contributed by atoms with Gasteiger partial charge in [-0.25, -0.2) is 4.98 Å². The van der Waals surface area contributed by atoms with E-state index in [0.717, 1.165) is 22.5 Å². The molecule has 0 spiro atoms. The number of halogens is 1. The molecule has 1 aromatic carbocycles. The fraction of sp³-hybridized carbons (Fsp3) is 0.286. The Morgan fingerprint density at radius 2 is 1.86 bits per heavy atom. The van der Waals surface area contributed by atoms with Gasteiger partial charge in [-0.15, -0.1) is 0 Å². The summed E-state index contributed by atoms with van der Waals surface area (Å²) >= 11 is 6.10. The Morgan fingerprint density at radius 3 is 2.45 bits per heavy atom. The van der Waals surface area contributed by atoms with Gasteiger partial charge < -0.3 is 19.6 Å². The Balaban J connectivity index is 1.70. The number of nitrogens with zero attached hydrogens (tertiary/aromatic N) is 2. The number of ether oxygens (including phenoxy) is 2. The van der Waals surface area contributed by atoms with E-state index in [0.29, 0.717) is 23.3 Å². The zero-order valence-corrected chi connectivity index (χ0v) is 17.2. The SMILES string of the molecule is COCc1[nH]c(-c2ccc(-c3ccc(OCC(C)(C)C(=O)O)cc3)nc2)nc1Cl. The number of hydrogen-bond acceptors (Lipinski definition) is 5. The fourth-order valence-electron chi connectivity index (χ4n) is 2.52. The Hall–Kier alpha value is -2.90. The summed E-state index contributed by atoms with van der Waals surface area (Å²) in [7, 11) is 1.59. The molecule has 7 nitrogen and oxygen atoms in total. The van der Waals surface area contributed by atoms with Gasteiger partial charge in [-0.1, -0.05) is 11.6 Å². The van der Waals surface area contributed by atoms with Crippen LogP contribution < -0.4 is 4.74 Å². The topological polar surface area (TPSA) is 97.3 Å². The van der Waals surface area contributed by atoms with Crippen molar-refractivity contribution in [2.45, 2.75) is 20.5 Å². The van der Waals surface area contributed by atoms with Crippen LogP contribution in [0.5, 0.6) is 5.75 Å². The number of hydrogen-bond donors (Lipinski definition) is 2. The van der Waals surface area contributed by atoms with Crippen LogP contribution in [0.25, 0.3) is 22.6 Å². The molecule has 0 radical (unpaired) electrons. The van der Waals surface area contributed by atoms with E-state index in [2.05, 4.69) is 15.0 Å². The molecule has 3 rings (SSSR count). The van der Waals surface area contributed by atoms with E-state index in [1.165, 1.54) is 0 Å². The molecular weight excluding hydrogens is 394 g/mol. The molecule has 29 heavy (non-hydrogen) atoms. The van der Waals surface area contributed by atoms with Crippen LogP contribution in [0.15, 0.2) is 42.6 Å². The summed E-state index contributed by atoms with van der Waals surface area (Å²) in [6, 6.07) is 11.2. The van der Waals surface area contributed by atoms with Crippen LogP contribution in [-0.2, 0) is 16.1 Å². The second kappa shape index (κ2) is 8.63. The molecule has 8 heteroatoms. The van der Waals surface area contributed by atoms with Crippen LogP contribution in [0.2, 0.25) is 5.15 Å². The quantitative estimate of drug-likeness (QED) is 0.564. The van der Waals surface area contributed by atoms with Crippen LogP contribution in [0.4, 0.5) is 0 Å². The molecular formula is C21H22ClN3O4. The Labute approximate surface area is 173 Å². The highest BCUT2D eigenvalue weighted by Gasteiger charge is 2.28. The van der Waals surface area contributed by atoms with Gasteiger partial charge in [0.2, 0.25) is 0 Å². The van der Waals surface area contributed by atoms with E-state index in [4.69, 9.17) is 26.2 Å². The van der Waals surface area contributed by atoms with Gasteiger partial charge in [0, 0.05) is 24.4 Å². The standard InChI is InChI=1S/C21H22ClN3O4/c1-21(2,20(26)27)12-29-15-7-4-13(5-8-15)16-9-6-14(10-23-16)19-24-17(11-28-3)18(22)25-19/h4-10H,11-12H2,1-3H3,(H,24,25)(H,26,27). The van der Waals surface area contributed by atoms with E-state index in [9.17, 15) is 4.79 Å². The lowest BCUT2D eigenvalue weighted by molar-refractivity contribution is -0.148. The average molecular weight is 416 g/mol.